The Morgan fingerprint density at radius 2 is 0.688 bits per heavy atom. The summed E-state index contributed by atoms with van der Waals surface area (Å²) in [6.45, 7) is 11.4. The lowest BCUT2D eigenvalue weighted by molar-refractivity contribution is -0.139. The highest BCUT2D eigenvalue weighted by Gasteiger charge is 2.17. The summed E-state index contributed by atoms with van der Waals surface area (Å²) in [6.07, 6.45) is 0. The summed E-state index contributed by atoms with van der Waals surface area (Å²) >= 11 is 0. The Kier molecular flexibility index (Phi) is 33.1. The molecule has 0 bridgehead atoms. The predicted molar refractivity (Wildman–Crippen MR) is 175 cm³/mol. The van der Waals surface area contributed by atoms with Crippen molar-refractivity contribution in [3.05, 3.63) is 35.9 Å². The molecule has 278 valence electrons. The molecule has 0 aromatic heterocycles. The molecule has 0 aliphatic heterocycles. The van der Waals surface area contributed by atoms with Crippen LogP contribution in [-0.4, -0.2) is 177 Å². The SMILES string of the molecule is CNCCOCCOCCOCCOCCOCCOCCOCCOCCOCCOCCOCCOC(=O)C(=O)c1ccccc1. The number of nitrogens with one attached hydrogen (secondary N) is 1. The molecule has 0 aliphatic rings. The van der Waals surface area contributed by atoms with E-state index >= 15 is 0 Å². The Labute approximate surface area is 285 Å². The number of carbonyl (C=O) groups is 2. The first-order valence-corrected chi connectivity index (χ1v) is 16.5. The minimum atomic E-state index is -0.897. The van der Waals surface area contributed by atoms with E-state index in [0.717, 1.165) is 6.54 Å². The number of ketones is 1. The summed E-state index contributed by atoms with van der Waals surface area (Å²) in [5.74, 6) is -1.57. The third kappa shape index (κ3) is 30.0. The largest absolute Gasteiger partial charge is 0.457 e. The summed E-state index contributed by atoms with van der Waals surface area (Å²) in [4.78, 5) is 23.6. The number of likely N-dealkylation sites (N-methyl/N-ethyl adjacent to an activating group) is 1. The number of Topliss-reactive ketones (excluding diaryl/α,β-unsaturated/α-hetero) is 1. The molecule has 1 aromatic carbocycles. The van der Waals surface area contributed by atoms with E-state index < -0.39 is 11.8 Å². The zero-order valence-corrected chi connectivity index (χ0v) is 28.6. The maximum Gasteiger partial charge on any atom is 0.379 e. The van der Waals surface area contributed by atoms with Crippen molar-refractivity contribution >= 4 is 11.8 Å². The van der Waals surface area contributed by atoms with Crippen molar-refractivity contribution in [2.24, 2.45) is 0 Å². The van der Waals surface area contributed by atoms with Crippen LogP contribution >= 0.6 is 0 Å². The lowest BCUT2D eigenvalue weighted by atomic mass is 10.1. The fourth-order valence-corrected chi connectivity index (χ4v) is 3.44. The monoisotopic (exact) mass is 691 g/mol. The van der Waals surface area contributed by atoms with Crippen LogP contribution in [0.2, 0.25) is 0 Å². The van der Waals surface area contributed by atoms with Crippen LogP contribution in [0.15, 0.2) is 30.3 Å². The number of hydrogen-bond acceptors (Lipinski definition) is 15. The summed E-state index contributed by atoms with van der Waals surface area (Å²) in [5.41, 5.74) is 0.295. The highest BCUT2D eigenvalue weighted by Crippen LogP contribution is 2.01. The Morgan fingerprint density at radius 1 is 0.417 bits per heavy atom. The Hall–Kier alpha value is -2.12. The van der Waals surface area contributed by atoms with Crippen molar-refractivity contribution in [2.45, 2.75) is 0 Å². The van der Waals surface area contributed by atoms with Crippen LogP contribution < -0.4 is 5.32 Å². The summed E-state index contributed by atoms with van der Waals surface area (Å²) in [5, 5.41) is 3.01. The van der Waals surface area contributed by atoms with Crippen molar-refractivity contribution in [3.63, 3.8) is 0 Å². The average molecular weight is 692 g/mol. The van der Waals surface area contributed by atoms with E-state index in [2.05, 4.69) is 5.32 Å². The van der Waals surface area contributed by atoms with Crippen molar-refractivity contribution in [3.8, 4) is 0 Å². The van der Waals surface area contributed by atoms with Crippen LogP contribution in [0.3, 0.4) is 0 Å². The second-order valence-corrected chi connectivity index (χ2v) is 9.67. The van der Waals surface area contributed by atoms with Gasteiger partial charge in [0.1, 0.15) is 6.61 Å². The van der Waals surface area contributed by atoms with Crippen molar-refractivity contribution in [2.75, 3.05) is 166 Å². The quantitative estimate of drug-likeness (QED) is 0.0450. The minimum absolute atomic E-state index is 0.00272. The van der Waals surface area contributed by atoms with E-state index in [1.807, 2.05) is 7.05 Å². The van der Waals surface area contributed by atoms with Crippen molar-refractivity contribution in [1.82, 2.24) is 5.32 Å². The molecule has 48 heavy (non-hydrogen) atoms. The molecule has 0 amide bonds. The van der Waals surface area contributed by atoms with Gasteiger partial charge in [0.15, 0.2) is 0 Å². The van der Waals surface area contributed by atoms with E-state index in [1.165, 1.54) is 0 Å². The minimum Gasteiger partial charge on any atom is -0.457 e. The standard InChI is InChI=1S/C33H57NO14/c1-34-7-8-37-9-10-38-11-12-39-13-14-40-15-16-41-17-18-42-19-20-43-21-22-44-23-24-45-25-26-46-27-28-47-29-30-48-33(36)32(35)31-5-3-2-4-6-31/h2-6,34H,7-30H2,1H3. The molecule has 0 saturated heterocycles. The molecule has 0 heterocycles. The first-order chi connectivity index (χ1) is 23.8. The molecule has 0 unspecified atom stereocenters. The Balaban J connectivity index is 1.65. The maximum atomic E-state index is 11.9. The number of carbonyl (C=O) groups excluding carboxylic acids is 2. The van der Waals surface area contributed by atoms with Crippen molar-refractivity contribution < 1.29 is 66.4 Å². The zero-order chi connectivity index (χ0) is 34.4. The topological polar surface area (TPSA) is 157 Å². The predicted octanol–water partition coefficient (Wildman–Crippen LogP) is 0.815. The second-order valence-electron chi connectivity index (χ2n) is 9.67. The third-order valence-corrected chi connectivity index (χ3v) is 5.90. The number of ether oxygens (including phenoxy) is 12. The summed E-state index contributed by atoms with van der Waals surface area (Å²) in [6, 6.07) is 8.26. The van der Waals surface area contributed by atoms with Crippen LogP contribution in [0.5, 0.6) is 0 Å². The first-order valence-electron chi connectivity index (χ1n) is 16.5. The van der Waals surface area contributed by atoms with Gasteiger partial charge in [0, 0.05) is 12.1 Å². The lowest BCUT2D eigenvalue weighted by Crippen LogP contribution is -2.20. The Bertz CT molecular complexity index is 836. The van der Waals surface area contributed by atoms with Gasteiger partial charge in [0.2, 0.25) is 0 Å². The molecule has 1 N–H and O–H groups in total. The van der Waals surface area contributed by atoms with Gasteiger partial charge in [0.05, 0.1) is 145 Å². The third-order valence-electron chi connectivity index (χ3n) is 5.90. The fourth-order valence-electron chi connectivity index (χ4n) is 3.44. The molecule has 1 rings (SSSR count). The molecular weight excluding hydrogens is 634 g/mol. The second kappa shape index (κ2) is 36.2. The highest BCUT2D eigenvalue weighted by atomic mass is 16.6. The maximum absolute atomic E-state index is 11.9. The van der Waals surface area contributed by atoms with Gasteiger partial charge in [-0.2, -0.15) is 0 Å². The van der Waals surface area contributed by atoms with Gasteiger partial charge in [-0.25, -0.2) is 4.79 Å². The van der Waals surface area contributed by atoms with E-state index in [9.17, 15) is 9.59 Å². The molecule has 15 heteroatoms. The fraction of sp³-hybridized carbons (Fsp3) is 0.758. The van der Waals surface area contributed by atoms with Gasteiger partial charge in [-0.05, 0) is 7.05 Å². The van der Waals surface area contributed by atoms with E-state index in [4.69, 9.17) is 56.8 Å². The Morgan fingerprint density at radius 3 is 0.979 bits per heavy atom. The van der Waals surface area contributed by atoms with E-state index in [1.54, 1.807) is 30.3 Å². The highest BCUT2D eigenvalue weighted by molar-refractivity contribution is 6.40. The number of benzene rings is 1. The van der Waals surface area contributed by atoms with Gasteiger partial charge < -0.3 is 62.2 Å². The normalized spacial score (nSPS) is 11.3. The molecule has 0 radical (unpaired) electrons. The first kappa shape index (κ1) is 43.9. The van der Waals surface area contributed by atoms with Crippen LogP contribution in [-0.2, 0) is 61.6 Å². The summed E-state index contributed by atoms with van der Waals surface area (Å²) < 4.78 is 64.6. The van der Waals surface area contributed by atoms with Crippen LogP contribution in [0.1, 0.15) is 10.4 Å². The molecule has 0 saturated carbocycles. The summed E-state index contributed by atoms with van der Waals surface area (Å²) in [7, 11) is 1.89. The molecule has 0 spiro atoms. The van der Waals surface area contributed by atoms with Gasteiger partial charge in [-0.3, -0.25) is 4.79 Å². The number of hydrogen-bond donors (Lipinski definition) is 1. The number of rotatable bonds is 38. The average Bonchev–Trinajstić information content (AvgIpc) is 3.11. The van der Waals surface area contributed by atoms with Gasteiger partial charge in [-0.1, -0.05) is 30.3 Å². The van der Waals surface area contributed by atoms with Crippen LogP contribution in [0, 0.1) is 0 Å². The molecule has 0 aliphatic carbocycles. The number of esters is 1. The van der Waals surface area contributed by atoms with Crippen LogP contribution in [0.25, 0.3) is 0 Å². The van der Waals surface area contributed by atoms with E-state index in [-0.39, 0.29) is 13.2 Å². The van der Waals surface area contributed by atoms with E-state index in [0.29, 0.717) is 144 Å². The van der Waals surface area contributed by atoms with Crippen molar-refractivity contribution in [1.29, 1.82) is 0 Å². The molecular formula is C33H57NO14. The van der Waals surface area contributed by atoms with Gasteiger partial charge in [0.25, 0.3) is 5.78 Å². The molecule has 0 atom stereocenters. The van der Waals surface area contributed by atoms with Gasteiger partial charge in [-0.15, -0.1) is 0 Å². The molecule has 15 nitrogen and oxygen atoms in total. The molecule has 1 aromatic rings. The van der Waals surface area contributed by atoms with Crippen LogP contribution in [0.4, 0.5) is 0 Å². The zero-order valence-electron chi connectivity index (χ0n) is 28.6. The lowest BCUT2D eigenvalue weighted by Gasteiger charge is -2.09. The van der Waals surface area contributed by atoms with Gasteiger partial charge >= 0.3 is 5.97 Å². The molecule has 0 fully saturated rings. The smallest absolute Gasteiger partial charge is 0.379 e.